The normalized spacial score (nSPS) is 13.0. The van der Waals surface area contributed by atoms with Gasteiger partial charge in [0.15, 0.2) is 16.6 Å². The lowest BCUT2D eigenvalue weighted by Crippen LogP contribution is -2.34. The van der Waals surface area contributed by atoms with E-state index in [0.717, 1.165) is 10.6 Å². The number of aliphatic hydroxyl groups is 1. The van der Waals surface area contributed by atoms with Gasteiger partial charge < -0.3 is 15.2 Å². The lowest BCUT2D eigenvalue weighted by Gasteiger charge is -2.27. The van der Waals surface area contributed by atoms with E-state index in [4.69, 9.17) is 4.74 Å². The average molecular weight is 604 g/mol. The van der Waals surface area contributed by atoms with Gasteiger partial charge in [-0.05, 0) is 64.1 Å². The van der Waals surface area contributed by atoms with E-state index in [0.29, 0.717) is 21.8 Å². The lowest BCUT2D eigenvalue weighted by molar-refractivity contribution is 0.0598. The molecule has 0 aliphatic rings. The molecule has 5 aromatic rings. The number of carbonyl (C=O) groups is 1. The smallest absolute Gasteiger partial charge is 0.420 e. The number of nitrogens with one attached hydrogen (secondary N) is 1. The molecule has 2 unspecified atom stereocenters. The zero-order valence-corrected chi connectivity index (χ0v) is 25.0. The van der Waals surface area contributed by atoms with E-state index in [2.05, 4.69) is 25.3 Å². The molecule has 11 nitrogen and oxygen atoms in total. The lowest BCUT2D eigenvalue weighted by atomic mass is 10.0. The van der Waals surface area contributed by atoms with Crippen LogP contribution in [0.3, 0.4) is 0 Å². The van der Waals surface area contributed by atoms with Crippen LogP contribution in [-0.2, 0) is 15.7 Å². The predicted molar refractivity (Wildman–Crippen MR) is 161 cm³/mol. The van der Waals surface area contributed by atoms with Gasteiger partial charge in [-0.2, -0.15) is 4.39 Å². The van der Waals surface area contributed by atoms with Crippen LogP contribution < -0.4 is 10.2 Å². The Balaban J connectivity index is 1.58. The number of amides is 1. The fourth-order valence-electron chi connectivity index (χ4n) is 4.40. The number of aromatic nitrogens is 5. The summed E-state index contributed by atoms with van der Waals surface area (Å²) in [4.78, 5) is 31.7. The molecule has 2 atom stereocenters. The fourth-order valence-corrected chi connectivity index (χ4v) is 5.52. The minimum absolute atomic E-state index is 0.0693. The standard InChI is InChI=1S/C30H30FN7O4S/c1-18-11-12-19(15-33-18)38(29(40)42-30(2,3)4)23-14-13-21(26(31)36-23)25(39)22-16-37(43(41)20-9-7-6-8-10-20)28-24(22)27(32-5)34-17-35-28/h6-17,25,39H,1-5H3,(H,32,34,35). The van der Waals surface area contributed by atoms with E-state index in [9.17, 15) is 14.1 Å². The third-order valence-corrected chi connectivity index (χ3v) is 7.66. The van der Waals surface area contributed by atoms with E-state index in [1.54, 1.807) is 71.1 Å². The molecule has 13 heteroatoms. The number of aryl methyl sites for hydroxylation is 1. The highest BCUT2D eigenvalue weighted by Gasteiger charge is 2.29. The van der Waals surface area contributed by atoms with Crippen molar-refractivity contribution in [3.8, 4) is 0 Å². The SMILES string of the molecule is CNc1ncnc2c1c(C(O)c1ccc(N(C(=O)OC(C)(C)C)c3ccc(C)nc3)nc1F)cn2S(=O)c1ccccc1. The summed E-state index contributed by atoms with van der Waals surface area (Å²) in [5, 5.41) is 14.8. The van der Waals surface area contributed by atoms with Gasteiger partial charge in [0.2, 0.25) is 5.95 Å². The highest BCUT2D eigenvalue weighted by molar-refractivity contribution is 7.83. The number of carbonyl (C=O) groups excluding carboxylic acids is 1. The maximum Gasteiger partial charge on any atom is 0.420 e. The van der Waals surface area contributed by atoms with Gasteiger partial charge in [-0.25, -0.2) is 32.8 Å². The van der Waals surface area contributed by atoms with Crippen molar-refractivity contribution < 1.29 is 23.2 Å². The summed E-state index contributed by atoms with van der Waals surface area (Å²) >= 11 is 0. The number of rotatable bonds is 7. The quantitative estimate of drug-likeness (QED) is 0.233. The molecule has 0 aliphatic heterocycles. The van der Waals surface area contributed by atoms with Crippen LogP contribution in [0.2, 0.25) is 0 Å². The number of nitrogens with zero attached hydrogens (tertiary/aromatic N) is 6. The number of aliphatic hydroxyl groups excluding tert-OH is 1. The molecule has 0 saturated carbocycles. The van der Waals surface area contributed by atoms with Gasteiger partial charge in [0.05, 0.1) is 22.2 Å². The third kappa shape index (κ3) is 6.08. The van der Waals surface area contributed by atoms with Crippen LogP contribution >= 0.6 is 0 Å². The summed E-state index contributed by atoms with van der Waals surface area (Å²) in [5.74, 6) is -0.734. The van der Waals surface area contributed by atoms with Crippen molar-refractivity contribution in [3.63, 3.8) is 0 Å². The number of benzene rings is 1. The number of hydrogen-bond acceptors (Lipinski definition) is 9. The van der Waals surface area contributed by atoms with Crippen LogP contribution in [0, 0.1) is 12.9 Å². The fraction of sp³-hybridized carbons (Fsp3) is 0.233. The summed E-state index contributed by atoms with van der Waals surface area (Å²) in [6, 6.07) is 14.8. The molecule has 1 aromatic carbocycles. The van der Waals surface area contributed by atoms with Crippen molar-refractivity contribution in [2.45, 2.75) is 44.3 Å². The highest BCUT2D eigenvalue weighted by Crippen LogP contribution is 2.36. The summed E-state index contributed by atoms with van der Waals surface area (Å²) < 4.78 is 36.2. The molecular formula is C30H30FN7O4S. The number of anilines is 3. The Hall–Kier alpha value is -4.75. The largest absolute Gasteiger partial charge is 0.443 e. The first-order valence-corrected chi connectivity index (χ1v) is 14.4. The highest BCUT2D eigenvalue weighted by atomic mass is 32.2. The van der Waals surface area contributed by atoms with Crippen LogP contribution in [0.5, 0.6) is 0 Å². The second kappa shape index (κ2) is 11.9. The molecule has 222 valence electrons. The molecule has 5 rings (SSSR count). The van der Waals surface area contributed by atoms with E-state index in [1.165, 1.54) is 34.8 Å². The Morgan fingerprint density at radius 3 is 2.44 bits per heavy atom. The third-order valence-electron chi connectivity index (χ3n) is 6.35. The van der Waals surface area contributed by atoms with Gasteiger partial charge in [0.25, 0.3) is 0 Å². The summed E-state index contributed by atoms with van der Waals surface area (Å²) in [6.07, 6.45) is 1.91. The molecule has 4 aromatic heterocycles. The van der Waals surface area contributed by atoms with Crippen molar-refractivity contribution in [1.82, 2.24) is 23.9 Å². The van der Waals surface area contributed by atoms with Crippen molar-refractivity contribution in [3.05, 3.63) is 96.1 Å². The van der Waals surface area contributed by atoms with Crippen LogP contribution in [0.25, 0.3) is 11.0 Å². The Morgan fingerprint density at radius 1 is 1.07 bits per heavy atom. The maximum absolute atomic E-state index is 15.8. The molecule has 0 radical (unpaired) electrons. The average Bonchev–Trinajstić information content (AvgIpc) is 3.37. The van der Waals surface area contributed by atoms with Gasteiger partial charge in [-0.15, -0.1) is 0 Å². The van der Waals surface area contributed by atoms with Gasteiger partial charge in [0.1, 0.15) is 29.7 Å². The monoisotopic (exact) mass is 603 g/mol. The number of pyridine rings is 2. The predicted octanol–water partition coefficient (Wildman–Crippen LogP) is 5.44. The Morgan fingerprint density at radius 2 is 1.81 bits per heavy atom. The molecule has 0 aliphatic carbocycles. The first-order chi connectivity index (χ1) is 20.5. The first-order valence-electron chi connectivity index (χ1n) is 13.3. The zero-order valence-electron chi connectivity index (χ0n) is 24.1. The summed E-state index contributed by atoms with van der Waals surface area (Å²) in [5.41, 5.74) is 0.534. The maximum atomic E-state index is 15.8. The van der Waals surface area contributed by atoms with Crippen LogP contribution in [0.4, 0.5) is 26.5 Å². The van der Waals surface area contributed by atoms with Gasteiger partial charge in [-0.1, -0.05) is 18.2 Å². The molecule has 2 N–H and O–H groups in total. The van der Waals surface area contributed by atoms with Crippen molar-refractivity contribution in [2.75, 3.05) is 17.3 Å². The second-order valence-corrected chi connectivity index (χ2v) is 11.9. The van der Waals surface area contributed by atoms with E-state index in [1.807, 2.05) is 6.07 Å². The van der Waals surface area contributed by atoms with Gasteiger partial charge in [0, 0.05) is 30.1 Å². The zero-order chi connectivity index (χ0) is 30.9. The van der Waals surface area contributed by atoms with Crippen molar-refractivity contribution >= 4 is 45.4 Å². The Kier molecular flexibility index (Phi) is 8.20. The number of hydrogen-bond donors (Lipinski definition) is 2. The van der Waals surface area contributed by atoms with Gasteiger partial charge >= 0.3 is 6.09 Å². The number of fused-ring (bicyclic) bond motifs is 1. The molecule has 1 amide bonds. The summed E-state index contributed by atoms with van der Waals surface area (Å²) in [7, 11) is -0.0772. The molecule has 0 bridgehead atoms. The number of ether oxygens (including phenoxy) is 1. The summed E-state index contributed by atoms with van der Waals surface area (Å²) in [6.45, 7) is 6.95. The van der Waals surface area contributed by atoms with Gasteiger partial charge in [-0.3, -0.25) is 4.98 Å². The van der Waals surface area contributed by atoms with Crippen LogP contribution in [0.15, 0.2) is 78.2 Å². The van der Waals surface area contributed by atoms with E-state index >= 15 is 4.39 Å². The Labute approximate surface area is 250 Å². The van der Waals surface area contributed by atoms with Crippen molar-refractivity contribution in [1.29, 1.82) is 0 Å². The second-order valence-electron chi connectivity index (χ2n) is 10.6. The molecular weight excluding hydrogens is 573 g/mol. The Bertz CT molecular complexity index is 1810. The number of halogens is 1. The minimum Gasteiger partial charge on any atom is -0.443 e. The molecule has 0 saturated heterocycles. The topological polar surface area (TPSA) is 135 Å². The van der Waals surface area contributed by atoms with Crippen molar-refractivity contribution in [2.24, 2.45) is 0 Å². The molecule has 43 heavy (non-hydrogen) atoms. The van der Waals surface area contributed by atoms with E-state index in [-0.39, 0.29) is 22.6 Å². The van der Waals surface area contributed by atoms with Crippen LogP contribution in [0.1, 0.15) is 43.7 Å². The minimum atomic E-state index is -1.72. The van der Waals surface area contributed by atoms with Crippen LogP contribution in [-0.4, -0.2) is 52.0 Å². The van der Waals surface area contributed by atoms with E-state index < -0.39 is 34.7 Å². The molecule has 4 heterocycles. The first kappa shape index (κ1) is 29.7. The molecule has 0 spiro atoms. The molecule has 0 fully saturated rings.